The van der Waals surface area contributed by atoms with Crippen molar-refractivity contribution in [3.05, 3.63) is 66.2 Å². The van der Waals surface area contributed by atoms with Crippen molar-refractivity contribution >= 4 is 64.4 Å². The van der Waals surface area contributed by atoms with E-state index in [1.807, 2.05) is 60.7 Å². The number of benzene rings is 2. The molecule has 38 heavy (non-hydrogen) atoms. The summed E-state index contributed by atoms with van der Waals surface area (Å²) in [6.45, 7) is 2.43. The van der Waals surface area contributed by atoms with Crippen molar-refractivity contribution in [2.75, 3.05) is 12.4 Å². The van der Waals surface area contributed by atoms with Crippen molar-refractivity contribution in [3.63, 3.8) is 0 Å². The average molecular weight is 605 g/mol. The number of carbonyl (C=O) groups is 2. The Morgan fingerprint density at radius 3 is 2.18 bits per heavy atom. The Morgan fingerprint density at radius 2 is 1.61 bits per heavy atom. The van der Waals surface area contributed by atoms with Crippen LogP contribution in [-0.4, -0.2) is 58.6 Å². The first-order valence-electron chi connectivity index (χ1n) is 11.7. The second-order valence-electron chi connectivity index (χ2n) is 8.36. The molecule has 2 aromatic rings. The highest BCUT2D eigenvalue weighted by Crippen LogP contribution is 2.33. The zero-order valence-electron chi connectivity index (χ0n) is 20.7. The van der Waals surface area contributed by atoms with Crippen molar-refractivity contribution in [1.29, 1.82) is 5.41 Å². The zero-order valence-corrected chi connectivity index (χ0v) is 23.8. The predicted molar refractivity (Wildman–Crippen MR) is 146 cm³/mol. The van der Waals surface area contributed by atoms with Crippen LogP contribution < -0.4 is 0 Å². The molecular weight excluding hydrogens is 577 g/mol. The molecule has 0 aromatic heterocycles. The number of halogens is 3. The molecule has 0 unspecified atom stereocenters. The fraction of sp³-hybridized carbons (Fsp3) is 0.423. The molecule has 1 saturated heterocycles. The Labute approximate surface area is 240 Å². The third-order valence-electron chi connectivity index (χ3n) is 5.39. The van der Waals surface area contributed by atoms with Crippen LogP contribution in [0.5, 0.6) is 0 Å². The first-order valence-corrected chi connectivity index (χ1v) is 13.8. The topological polar surface area (TPSA) is 104 Å². The van der Waals surface area contributed by atoms with E-state index >= 15 is 0 Å². The maximum atomic E-state index is 11.9. The Hall–Kier alpha value is -2.01. The van der Waals surface area contributed by atoms with E-state index in [0.717, 1.165) is 10.5 Å². The summed E-state index contributed by atoms with van der Waals surface area (Å²) in [4.78, 5) is 24.8. The van der Waals surface area contributed by atoms with Gasteiger partial charge in [-0.15, -0.1) is 11.8 Å². The number of ether oxygens (including phenoxy) is 5. The van der Waals surface area contributed by atoms with E-state index in [1.54, 1.807) is 11.8 Å². The van der Waals surface area contributed by atoms with Gasteiger partial charge in [0.05, 0.1) is 19.1 Å². The molecule has 0 spiro atoms. The molecule has 0 amide bonds. The highest BCUT2D eigenvalue weighted by atomic mass is 35.6. The van der Waals surface area contributed by atoms with E-state index in [-0.39, 0.29) is 19.1 Å². The van der Waals surface area contributed by atoms with E-state index in [0.29, 0.717) is 5.75 Å². The monoisotopic (exact) mass is 603 g/mol. The molecule has 5 atom stereocenters. The van der Waals surface area contributed by atoms with Crippen molar-refractivity contribution in [2.45, 2.75) is 59.7 Å². The lowest BCUT2D eigenvalue weighted by molar-refractivity contribution is -0.252. The molecule has 3 rings (SSSR count). The third kappa shape index (κ3) is 9.63. The quantitative estimate of drug-likeness (QED) is 0.118. The van der Waals surface area contributed by atoms with Crippen molar-refractivity contribution in [2.24, 2.45) is 0 Å². The molecule has 0 aliphatic carbocycles. The minimum atomic E-state index is -2.12. The van der Waals surface area contributed by atoms with Gasteiger partial charge in [-0.25, -0.2) is 0 Å². The van der Waals surface area contributed by atoms with Crippen molar-refractivity contribution < 1.29 is 33.3 Å². The van der Waals surface area contributed by atoms with Crippen LogP contribution in [0.4, 0.5) is 0 Å². The Bertz CT molecular complexity index is 1070. The van der Waals surface area contributed by atoms with Crippen LogP contribution in [0.1, 0.15) is 31.9 Å². The number of rotatable bonds is 10. The van der Waals surface area contributed by atoms with E-state index in [2.05, 4.69) is 0 Å². The lowest BCUT2D eigenvalue weighted by Crippen LogP contribution is -2.54. The largest absolute Gasteiger partial charge is 0.458 e. The summed E-state index contributed by atoms with van der Waals surface area (Å²) in [6.07, 6.45) is -4.40. The van der Waals surface area contributed by atoms with E-state index in [1.165, 1.54) is 13.8 Å². The Balaban J connectivity index is 1.81. The van der Waals surface area contributed by atoms with E-state index in [9.17, 15) is 9.59 Å². The average Bonchev–Trinajstić information content (AvgIpc) is 2.86. The van der Waals surface area contributed by atoms with Crippen LogP contribution in [0.25, 0.3) is 0 Å². The molecule has 1 N–H and O–H groups in total. The lowest BCUT2D eigenvalue weighted by atomic mass is 10.0. The molecular formula is C26H28Cl3NO7S. The SMILES string of the molecule is CC(=O)O[C@H]1[C@H](OC(C)=O)C[C@@H](OC(=N)C(Cl)(Cl)Cl)O[C@@H]1CO[C@H](CSc1ccccc1)c1ccccc1. The van der Waals surface area contributed by atoms with Gasteiger partial charge < -0.3 is 23.7 Å². The standard InChI is InChI=1S/C26H28Cl3NO7S/c1-16(31)34-20-13-23(37-25(30)26(27,28)29)36-21(24(20)35-17(2)32)14-33-22(18-9-5-3-6-10-18)15-38-19-11-7-4-8-12-19/h3-12,20-24,30H,13-15H2,1-2H3/t20-,21-,22-,23-,24+/m1/s1. The maximum absolute atomic E-state index is 11.9. The Kier molecular flexibility index (Phi) is 11.6. The van der Waals surface area contributed by atoms with Crippen LogP contribution >= 0.6 is 46.6 Å². The van der Waals surface area contributed by atoms with Gasteiger partial charge >= 0.3 is 11.9 Å². The fourth-order valence-electron chi connectivity index (χ4n) is 3.78. The lowest BCUT2D eigenvalue weighted by Gasteiger charge is -2.40. The molecule has 8 nitrogen and oxygen atoms in total. The maximum Gasteiger partial charge on any atom is 0.303 e. The summed E-state index contributed by atoms with van der Waals surface area (Å²) in [5.74, 6) is -1.26. The van der Waals surface area contributed by atoms with Gasteiger partial charge in [-0.1, -0.05) is 83.3 Å². The Morgan fingerprint density at radius 1 is 1.00 bits per heavy atom. The number of nitrogens with one attached hydrogen (secondary N) is 1. The first kappa shape index (κ1) is 30.5. The molecule has 206 valence electrons. The highest BCUT2D eigenvalue weighted by Gasteiger charge is 2.45. The molecule has 0 radical (unpaired) electrons. The number of alkyl halides is 3. The fourth-order valence-corrected chi connectivity index (χ4v) is 4.89. The van der Waals surface area contributed by atoms with Gasteiger partial charge in [0, 0.05) is 24.5 Å². The summed E-state index contributed by atoms with van der Waals surface area (Å²) in [5, 5.41) is 7.91. The van der Waals surface area contributed by atoms with Crippen LogP contribution in [0.15, 0.2) is 65.6 Å². The molecule has 12 heteroatoms. The summed E-state index contributed by atoms with van der Waals surface area (Å²) in [5.41, 5.74) is 0.943. The zero-order chi connectivity index (χ0) is 27.7. The summed E-state index contributed by atoms with van der Waals surface area (Å²) < 4.78 is 26.5. The van der Waals surface area contributed by atoms with Gasteiger partial charge in [-0.05, 0) is 17.7 Å². The van der Waals surface area contributed by atoms with Crippen molar-refractivity contribution in [3.8, 4) is 0 Å². The molecule has 1 heterocycles. The van der Waals surface area contributed by atoms with E-state index in [4.69, 9.17) is 63.9 Å². The highest BCUT2D eigenvalue weighted by molar-refractivity contribution is 7.99. The molecule has 2 aromatic carbocycles. The summed E-state index contributed by atoms with van der Waals surface area (Å²) >= 11 is 18.9. The van der Waals surface area contributed by atoms with Crippen LogP contribution in [0, 0.1) is 5.41 Å². The van der Waals surface area contributed by atoms with Gasteiger partial charge in [0.25, 0.3) is 3.79 Å². The molecule has 1 aliphatic rings. The summed E-state index contributed by atoms with van der Waals surface area (Å²) in [6, 6.07) is 19.6. The molecule has 0 bridgehead atoms. The number of hydrogen-bond donors (Lipinski definition) is 1. The normalized spacial score (nSPS) is 22.2. The predicted octanol–water partition coefficient (Wildman–Crippen LogP) is 5.88. The van der Waals surface area contributed by atoms with Gasteiger partial charge in [0.15, 0.2) is 6.10 Å². The summed E-state index contributed by atoms with van der Waals surface area (Å²) in [7, 11) is 0. The number of esters is 2. The molecule has 0 saturated carbocycles. The first-order chi connectivity index (χ1) is 18.0. The second-order valence-corrected chi connectivity index (χ2v) is 11.7. The minimum absolute atomic E-state index is 0.0500. The number of hydrogen-bond acceptors (Lipinski definition) is 9. The van der Waals surface area contributed by atoms with E-state index < -0.39 is 46.2 Å². The van der Waals surface area contributed by atoms with Crippen LogP contribution in [0.2, 0.25) is 0 Å². The smallest absolute Gasteiger partial charge is 0.303 e. The minimum Gasteiger partial charge on any atom is -0.458 e. The van der Waals surface area contributed by atoms with Crippen molar-refractivity contribution in [1.82, 2.24) is 0 Å². The number of carbonyl (C=O) groups excluding carboxylic acids is 2. The van der Waals surface area contributed by atoms with Gasteiger partial charge in [-0.2, -0.15) is 0 Å². The van der Waals surface area contributed by atoms with Gasteiger partial charge in [-0.3, -0.25) is 15.0 Å². The van der Waals surface area contributed by atoms with Gasteiger partial charge in [0.1, 0.15) is 12.2 Å². The number of thioether (sulfide) groups is 1. The third-order valence-corrected chi connectivity index (χ3v) is 6.98. The van der Waals surface area contributed by atoms with Gasteiger partial charge in [0.2, 0.25) is 12.2 Å². The van der Waals surface area contributed by atoms with Crippen LogP contribution in [0.3, 0.4) is 0 Å². The second kappa shape index (κ2) is 14.4. The van der Waals surface area contributed by atoms with Crippen LogP contribution in [-0.2, 0) is 33.3 Å². The molecule has 1 fully saturated rings. The molecule has 1 aliphatic heterocycles.